The molecule has 2 N–H and O–H groups in total. The Balaban J connectivity index is 1.91. The van der Waals surface area contributed by atoms with Crippen molar-refractivity contribution >= 4 is 11.6 Å². The zero-order valence-electron chi connectivity index (χ0n) is 10.4. The zero-order valence-corrected chi connectivity index (χ0v) is 10.4. The molecule has 1 aliphatic rings. The van der Waals surface area contributed by atoms with E-state index in [1.54, 1.807) is 10.9 Å². The fraction of sp³-hybridized carbons (Fsp3) is 0.667. The molecule has 1 amide bonds. The molecule has 17 heavy (non-hydrogen) atoms. The van der Waals surface area contributed by atoms with Crippen molar-refractivity contribution in [2.24, 2.45) is 5.92 Å². The van der Waals surface area contributed by atoms with Crippen molar-refractivity contribution in [1.82, 2.24) is 15.1 Å². The highest BCUT2D eigenvalue weighted by Crippen LogP contribution is 2.18. The molecule has 1 aliphatic heterocycles. The van der Waals surface area contributed by atoms with E-state index in [4.69, 9.17) is 0 Å². The van der Waals surface area contributed by atoms with Crippen LogP contribution in [0.4, 0.5) is 5.69 Å². The van der Waals surface area contributed by atoms with E-state index in [0.29, 0.717) is 6.04 Å². The van der Waals surface area contributed by atoms with Crippen LogP contribution in [-0.2, 0) is 11.3 Å². The van der Waals surface area contributed by atoms with E-state index in [0.717, 1.165) is 31.6 Å². The maximum absolute atomic E-state index is 12.0. The van der Waals surface area contributed by atoms with Crippen LogP contribution < -0.4 is 10.6 Å². The van der Waals surface area contributed by atoms with Crippen LogP contribution in [0.1, 0.15) is 26.7 Å². The van der Waals surface area contributed by atoms with E-state index >= 15 is 0 Å². The first-order valence-corrected chi connectivity index (χ1v) is 6.25. The molecule has 2 heterocycles. The Morgan fingerprint density at radius 2 is 2.53 bits per heavy atom. The summed E-state index contributed by atoms with van der Waals surface area (Å²) in [6, 6.07) is 0.429. The van der Waals surface area contributed by atoms with Gasteiger partial charge in [0.05, 0.1) is 11.9 Å². The third kappa shape index (κ3) is 3.06. The van der Waals surface area contributed by atoms with Gasteiger partial charge in [-0.15, -0.1) is 0 Å². The molecule has 0 aromatic carbocycles. The standard InChI is InChI=1S/C12H20N4O/c1-3-16-8-11(7-14-16)15-12(17)10-4-5-13-9(2)6-10/h7-10,13H,3-6H2,1-2H3,(H,15,17)/t9-,10-/m0/s1. The van der Waals surface area contributed by atoms with Crippen molar-refractivity contribution in [2.75, 3.05) is 11.9 Å². The van der Waals surface area contributed by atoms with E-state index < -0.39 is 0 Å². The molecule has 0 saturated carbocycles. The number of aromatic nitrogens is 2. The molecule has 1 aromatic rings. The Morgan fingerprint density at radius 1 is 1.71 bits per heavy atom. The number of anilines is 1. The number of nitrogens with one attached hydrogen (secondary N) is 2. The SMILES string of the molecule is CCn1cc(NC(=O)[C@H]2CCN[C@@H](C)C2)cn1. The maximum Gasteiger partial charge on any atom is 0.227 e. The highest BCUT2D eigenvalue weighted by atomic mass is 16.1. The summed E-state index contributed by atoms with van der Waals surface area (Å²) in [5, 5.41) is 10.4. The van der Waals surface area contributed by atoms with Crippen LogP contribution in [0.3, 0.4) is 0 Å². The van der Waals surface area contributed by atoms with Gasteiger partial charge >= 0.3 is 0 Å². The first kappa shape index (κ1) is 12.1. The van der Waals surface area contributed by atoms with Gasteiger partial charge in [-0.1, -0.05) is 0 Å². The lowest BCUT2D eigenvalue weighted by molar-refractivity contribution is -0.120. The highest BCUT2D eigenvalue weighted by Gasteiger charge is 2.24. The molecule has 0 spiro atoms. The first-order chi connectivity index (χ1) is 8.19. The minimum Gasteiger partial charge on any atom is -0.323 e. The molecule has 0 unspecified atom stereocenters. The summed E-state index contributed by atoms with van der Waals surface area (Å²) in [7, 11) is 0. The second kappa shape index (κ2) is 5.31. The summed E-state index contributed by atoms with van der Waals surface area (Å²) in [6.07, 6.45) is 5.39. The third-order valence-corrected chi connectivity index (χ3v) is 3.22. The molecule has 1 aromatic heterocycles. The molecule has 2 atom stereocenters. The Kier molecular flexibility index (Phi) is 3.78. The second-order valence-corrected chi connectivity index (χ2v) is 4.65. The first-order valence-electron chi connectivity index (χ1n) is 6.25. The van der Waals surface area contributed by atoms with Crippen LogP contribution in [0.15, 0.2) is 12.4 Å². The lowest BCUT2D eigenvalue weighted by Gasteiger charge is -2.26. The number of nitrogens with zero attached hydrogens (tertiary/aromatic N) is 2. The zero-order chi connectivity index (χ0) is 12.3. The number of hydrogen-bond acceptors (Lipinski definition) is 3. The van der Waals surface area contributed by atoms with Gasteiger partial charge in [0.2, 0.25) is 5.91 Å². The van der Waals surface area contributed by atoms with Crippen LogP contribution in [0.2, 0.25) is 0 Å². The lowest BCUT2D eigenvalue weighted by atomic mass is 9.92. The van der Waals surface area contributed by atoms with Gasteiger partial charge in [-0.05, 0) is 33.2 Å². The summed E-state index contributed by atoms with van der Waals surface area (Å²) in [5.74, 6) is 0.241. The molecule has 94 valence electrons. The lowest BCUT2D eigenvalue weighted by Crippen LogP contribution is -2.40. The molecule has 2 rings (SSSR count). The average Bonchev–Trinajstić information content (AvgIpc) is 2.77. The van der Waals surface area contributed by atoms with Gasteiger partial charge in [0.25, 0.3) is 0 Å². The number of carbonyl (C=O) groups is 1. The Hall–Kier alpha value is -1.36. The molecule has 1 fully saturated rings. The van der Waals surface area contributed by atoms with Gasteiger partial charge in [-0.2, -0.15) is 5.10 Å². The summed E-state index contributed by atoms with van der Waals surface area (Å²) in [4.78, 5) is 12.0. The van der Waals surface area contributed by atoms with Crippen molar-refractivity contribution < 1.29 is 4.79 Å². The second-order valence-electron chi connectivity index (χ2n) is 4.65. The van der Waals surface area contributed by atoms with Gasteiger partial charge in [-0.25, -0.2) is 0 Å². The maximum atomic E-state index is 12.0. The molecule has 0 bridgehead atoms. The topological polar surface area (TPSA) is 59.0 Å². The van der Waals surface area contributed by atoms with E-state index in [1.165, 1.54) is 0 Å². The number of rotatable bonds is 3. The number of aryl methyl sites for hydroxylation is 1. The average molecular weight is 236 g/mol. The minimum absolute atomic E-state index is 0.119. The molecule has 0 aliphatic carbocycles. The van der Waals surface area contributed by atoms with Crippen LogP contribution in [-0.4, -0.2) is 28.3 Å². The normalized spacial score (nSPS) is 24.6. The van der Waals surface area contributed by atoms with Crippen molar-refractivity contribution in [3.05, 3.63) is 12.4 Å². The van der Waals surface area contributed by atoms with Gasteiger partial charge in [0.15, 0.2) is 0 Å². The van der Waals surface area contributed by atoms with Gasteiger partial charge < -0.3 is 10.6 Å². The Bertz CT molecular complexity index is 388. The van der Waals surface area contributed by atoms with E-state index in [9.17, 15) is 4.79 Å². The molecular weight excluding hydrogens is 216 g/mol. The predicted octanol–water partition coefficient (Wildman–Crippen LogP) is 1.23. The summed E-state index contributed by atoms with van der Waals surface area (Å²) >= 11 is 0. The monoisotopic (exact) mass is 236 g/mol. The molecular formula is C12H20N4O. The van der Waals surface area contributed by atoms with Crippen LogP contribution in [0.5, 0.6) is 0 Å². The van der Waals surface area contributed by atoms with E-state index in [-0.39, 0.29) is 11.8 Å². The summed E-state index contributed by atoms with van der Waals surface area (Å²) in [5.41, 5.74) is 0.794. The molecule has 1 saturated heterocycles. The summed E-state index contributed by atoms with van der Waals surface area (Å²) < 4.78 is 1.81. The molecule has 5 heteroatoms. The van der Waals surface area contributed by atoms with Gasteiger partial charge in [-0.3, -0.25) is 9.48 Å². The largest absolute Gasteiger partial charge is 0.323 e. The number of hydrogen-bond donors (Lipinski definition) is 2. The van der Waals surface area contributed by atoms with Crippen molar-refractivity contribution in [2.45, 2.75) is 39.3 Å². The van der Waals surface area contributed by atoms with Crippen LogP contribution >= 0.6 is 0 Å². The predicted molar refractivity (Wildman–Crippen MR) is 66.7 cm³/mol. The molecule has 5 nitrogen and oxygen atoms in total. The van der Waals surface area contributed by atoms with Crippen LogP contribution in [0, 0.1) is 5.92 Å². The highest BCUT2D eigenvalue weighted by molar-refractivity contribution is 5.92. The quantitative estimate of drug-likeness (QED) is 0.830. The van der Waals surface area contributed by atoms with Crippen molar-refractivity contribution in [3.63, 3.8) is 0 Å². The smallest absolute Gasteiger partial charge is 0.227 e. The molecule has 0 radical (unpaired) electrons. The number of carbonyl (C=O) groups excluding carboxylic acids is 1. The minimum atomic E-state index is 0.119. The van der Waals surface area contributed by atoms with Gasteiger partial charge in [0, 0.05) is 24.7 Å². The third-order valence-electron chi connectivity index (χ3n) is 3.22. The Morgan fingerprint density at radius 3 is 3.18 bits per heavy atom. The van der Waals surface area contributed by atoms with Crippen LogP contribution in [0.25, 0.3) is 0 Å². The fourth-order valence-corrected chi connectivity index (χ4v) is 2.22. The fourth-order valence-electron chi connectivity index (χ4n) is 2.22. The van der Waals surface area contributed by atoms with Crippen molar-refractivity contribution in [1.29, 1.82) is 0 Å². The van der Waals surface area contributed by atoms with E-state index in [2.05, 4.69) is 22.7 Å². The number of amides is 1. The number of piperidine rings is 1. The van der Waals surface area contributed by atoms with E-state index in [1.807, 2.05) is 13.1 Å². The van der Waals surface area contributed by atoms with Crippen molar-refractivity contribution in [3.8, 4) is 0 Å². The summed E-state index contributed by atoms with van der Waals surface area (Å²) in [6.45, 7) is 5.88. The van der Waals surface area contributed by atoms with Gasteiger partial charge in [0.1, 0.15) is 0 Å². The Labute approximate surface area is 102 Å².